The largest absolute Gasteiger partial charge is 0.459 e. The van der Waals surface area contributed by atoms with Crippen molar-refractivity contribution >= 4 is 17.5 Å². The van der Waals surface area contributed by atoms with Crippen LogP contribution in [-0.2, 0) is 39.8 Å². The van der Waals surface area contributed by atoms with Crippen LogP contribution in [0.3, 0.4) is 0 Å². The number of methoxy groups -OCH3 is 1. The number of carbonyl (C=O) groups excluding carboxylic acids is 2. The number of esters is 1. The Morgan fingerprint density at radius 1 is 1.04 bits per heavy atom. The second-order valence-corrected chi connectivity index (χ2v) is 17.7. The van der Waals surface area contributed by atoms with Crippen LogP contribution in [0.15, 0.2) is 35.5 Å². The van der Waals surface area contributed by atoms with Crippen molar-refractivity contribution < 1.29 is 48.7 Å². The van der Waals surface area contributed by atoms with E-state index in [1.807, 2.05) is 45.8 Å². The minimum absolute atomic E-state index is 0.182. The van der Waals surface area contributed by atoms with E-state index in [1.165, 1.54) is 19.4 Å². The number of likely N-dealkylation sites (tertiary alicyclic amines) is 1. The van der Waals surface area contributed by atoms with E-state index in [9.17, 15) is 24.9 Å². The van der Waals surface area contributed by atoms with Crippen LogP contribution in [0.5, 0.6) is 0 Å². The van der Waals surface area contributed by atoms with Crippen molar-refractivity contribution in [2.75, 3.05) is 40.8 Å². The van der Waals surface area contributed by atoms with Crippen LogP contribution >= 0.6 is 0 Å². The van der Waals surface area contributed by atoms with Crippen molar-refractivity contribution in [1.82, 2.24) is 9.80 Å². The fourth-order valence-corrected chi connectivity index (χ4v) is 9.21. The lowest BCUT2D eigenvalue weighted by Crippen LogP contribution is -2.60. The molecule has 0 aliphatic carbocycles. The normalized spacial score (nSPS) is 40.2. The van der Waals surface area contributed by atoms with Crippen molar-refractivity contribution in [3.05, 3.63) is 35.9 Å². The number of benzene rings is 1. The zero-order chi connectivity index (χ0) is 42.2. The molecule has 0 aromatic heterocycles. The number of nitrogens with zero attached hydrogens (tertiary/aromatic N) is 3. The fraction of sp³-hybridized carbons (Fsp3) is 0.795. The molecule has 3 fully saturated rings. The first kappa shape index (κ1) is 47.2. The summed E-state index contributed by atoms with van der Waals surface area (Å²) >= 11 is 0. The van der Waals surface area contributed by atoms with E-state index in [4.69, 9.17) is 28.9 Å². The van der Waals surface area contributed by atoms with E-state index < -0.39 is 77.3 Å². The van der Waals surface area contributed by atoms with Gasteiger partial charge in [0.25, 0.3) is 0 Å². The number of aryl methyl sites for hydroxylation is 1. The zero-order valence-corrected chi connectivity index (χ0v) is 36.4. The summed E-state index contributed by atoms with van der Waals surface area (Å²) in [5.41, 5.74) is -1.29. The Morgan fingerprint density at radius 3 is 2.35 bits per heavy atom. The molecule has 0 radical (unpaired) electrons. The van der Waals surface area contributed by atoms with Crippen molar-refractivity contribution in [2.24, 2.45) is 28.8 Å². The van der Waals surface area contributed by atoms with E-state index in [0.29, 0.717) is 18.7 Å². The van der Waals surface area contributed by atoms with E-state index in [-0.39, 0.29) is 31.1 Å². The molecule has 3 aliphatic heterocycles. The minimum atomic E-state index is -1.90. The highest BCUT2D eigenvalue weighted by Crippen LogP contribution is 2.39. The second-order valence-electron chi connectivity index (χ2n) is 17.7. The molecular weight excluding hydrogens is 730 g/mol. The number of aliphatic hydroxyl groups excluding tert-OH is 2. The number of carbonyl (C=O) groups is 2. The number of ether oxygens (including phenoxy) is 4. The number of ketones is 1. The van der Waals surface area contributed by atoms with Crippen LogP contribution in [0, 0.1) is 23.7 Å². The molecule has 4 rings (SSSR count). The number of rotatable bonds is 11. The summed E-state index contributed by atoms with van der Waals surface area (Å²) in [6.07, 6.45) is -1.27. The summed E-state index contributed by atoms with van der Waals surface area (Å²) in [6, 6.07) is 10.2. The van der Waals surface area contributed by atoms with Gasteiger partial charge in [-0.25, -0.2) is 0 Å². The maximum atomic E-state index is 14.3. The molecule has 3 heterocycles. The van der Waals surface area contributed by atoms with E-state index >= 15 is 0 Å². The Kier molecular flexibility index (Phi) is 17.1. The summed E-state index contributed by atoms with van der Waals surface area (Å²) in [5, 5.41) is 40.2. The summed E-state index contributed by atoms with van der Waals surface area (Å²) in [7, 11) is 5.32. The topological polar surface area (TPSA) is 160 Å². The average molecular weight is 804 g/mol. The molecule has 14 atom stereocenters. The zero-order valence-electron chi connectivity index (χ0n) is 36.4. The van der Waals surface area contributed by atoms with Crippen molar-refractivity contribution in [3.63, 3.8) is 0 Å². The van der Waals surface area contributed by atoms with Gasteiger partial charge in [-0.1, -0.05) is 63.2 Å². The van der Waals surface area contributed by atoms with Gasteiger partial charge in [0.2, 0.25) is 0 Å². The van der Waals surface area contributed by atoms with Crippen LogP contribution in [0.25, 0.3) is 0 Å². The third kappa shape index (κ3) is 11.6. The van der Waals surface area contributed by atoms with Gasteiger partial charge in [-0.3, -0.25) is 14.5 Å². The quantitative estimate of drug-likeness (QED) is 0.162. The first-order chi connectivity index (χ1) is 26.8. The molecule has 0 amide bonds. The van der Waals surface area contributed by atoms with E-state index in [2.05, 4.69) is 29.2 Å². The van der Waals surface area contributed by atoms with Crippen LogP contribution in [0.1, 0.15) is 99.5 Å². The number of piperidine rings is 1. The molecule has 324 valence electrons. The van der Waals surface area contributed by atoms with Gasteiger partial charge in [-0.15, -0.1) is 0 Å². The molecule has 57 heavy (non-hydrogen) atoms. The number of hydrogen-bond donors (Lipinski definition) is 3. The molecule has 13 nitrogen and oxygen atoms in total. The van der Waals surface area contributed by atoms with E-state index in [1.54, 1.807) is 27.9 Å². The summed E-state index contributed by atoms with van der Waals surface area (Å²) in [5.74, 6) is -4.60. The lowest BCUT2D eigenvalue weighted by Gasteiger charge is -2.47. The third-order valence-electron chi connectivity index (χ3n) is 12.9. The molecule has 3 N–H and O–H groups in total. The minimum Gasteiger partial charge on any atom is -0.459 e. The van der Waals surface area contributed by atoms with Gasteiger partial charge in [0, 0.05) is 37.5 Å². The van der Waals surface area contributed by atoms with Crippen molar-refractivity contribution in [1.29, 1.82) is 0 Å². The first-order valence-electron chi connectivity index (χ1n) is 21.2. The van der Waals surface area contributed by atoms with Gasteiger partial charge >= 0.3 is 5.97 Å². The van der Waals surface area contributed by atoms with Crippen LogP contribution in [0.4, 0.5) is 0 Å². The Labute approximate surface area is 341 Å². The SMILES string of the molecule is CC[C@H]1OC(=O)[C@H](C)C(=O)[C@H](C)[C@@H](O[C@@H]2O[C@H](C)C[C@H](N(C)C)[C@H]2O)[C@](C)(OC)C[C@@H](C)/C(=N\OC2CCCN(CCCc3ccccc3)C2)[C@H](C)[C@@H](O)[C@]1(C)O. The predicted octanol–water partition coefficient (Wildman–Crippen LogP) is 4.62. The highest BCUT2D eigenvalue weighted by atomic mass is 16.7. The molecule has 3 saturated heterocycles. The Bertz CT molecular complexity index is 1460. The molecular formula is C44H73N3O10. The number of aliphatic hydroxyl groups is 3. The maximum Gasteiger partial charge on any atom is 0.316 e. The fourth-order valence-electron chi connectivity index (χ4n) is 9.21. The summed E-state index contributed by atoms with van der Waals surface area (Å²) in [6.45, 7) is 16.5. The molecule has 13 heteroatoms. The second kappa shape index (κ2) is 20.7. The smallest absolute Gasteiger partial charge is 0.316 e. The van der Waals surface area contributed by atoms with Gasteiger partial charge in [0.15, 0.2) is 12.1 Å². The standard InChI is InChI=1S/C44H73N3O10/c1-12-35-44(8,52)39(50)29(4)36(45-57-33-21-17-23-47(26-33)22-16-20-32-18-14-13-15-19-32)27(2)25-43(7,53-11)40(30(5)37(48)31(6)41(51)55-35)56-42-38(49)34(46(9)10)24-28(3)54-42/h13-15,18-19,27-31,33-35,38-40,42,49-50,52H,12,16-17,20-26H2,1-11H3/b45-36+/t27-,28-,29+,30+,31-,33?,34+,35-,38-,39-,40-,42+,43-,44-/m1/s1. The molecule has 0 bridgehead atoms. The van der Waals surface area contributed by atoms with Crippen LogP contribution < -0.4 is 0 Å². The van der Waals surface area contributed by atoms with Gasteiger partial charge in [-0.2, -0.15) is 0 Å². The summed E-state index contributed by atoms with van der Waals surface area (Å²) in [4.78, 5) is 38.6. The number of hydrogen-bond acceptors (Lipinski definition) is 13. The Hall–Kier alpha value is -2.49. The number of likely N-dealkylation sites (N-methyl/N-ethyl adjacent to an activating group) is 1. The van der Waals surface area contributed by atoms with Crippen LogP contribution in [-0.4, -0.2) is 144 Å². The molecule has 1 unspecified atom stereocenters. The van der Waals surface area contributed by atoms with Gasteiger partial charge in [0.1, 0.15) is 29.8 Å². The third-order valence-corrected chi connectivity index (χ3v) is 12.9. The summed E-state index contributed by atoms with van der Waals surface area (Å²) < 4.78 is 25.0. The molecule has 0 spiro atoms. The lowest BCUT2D eigenvalue weighted by molar-refractivity contribution is -0.295. The van der Waals surface area contributed by atoms with Gasteiger partial charge < -0.3 is 44.0 Å². The molecule has 0 saturated carbocycles. The van der Waals surface area contributed by atoms with Crippen molar-refractivity contribution in [3.8, 4) is 0 Å². The van der Waals surface area contributed by atoms with Gasteiger partial charge in [-0.05, 0) is 105 Å². The Morgan fingerprint density at radius 2 is 1.72 bits per heavy atom. The Balaban J connectivity index is 1.69. The van der Waals surface area contributed by atoms with Crippen LogP contribution in [0.2, 0.25) is 0 Å². The first-order valence-corrected chi connectivity index (χ1v) is 21.2. The molecule has 1 aromatic rings. The number of Topliss-reactive ketones (excluding diaryl/α,β-unsaturated/α-hetero) is 1. The molecule has 3 aliphatic rings. The average Bonchev–Trinajstić information content (AvgIpc) is 3.18. The predicted molar refractivity (Wildman–Crippen MR) is 219 cm³/mol. The molecule has 1 aromatic carbocycles. The monoisotopic (exact) mass is 804 g/mol. The lowest BCUT2D eigenvalue weighted by atomic mass is 9.74. The van der Waals surface area contributed by atoms with E-state index in [0.717, 1.165) is 38.8 Å². The maximum absolute atomic E-state index is 14.3. The number of oxime groups is 1. The van der Waals surface area contributed by atoms with Crippen molar-refractivity contribution in [2.45, 2.75) is 160 Å². The number of cyclic esters (lactones) is 1. The highest BCUT2D eigenvalue weighted by molar-refractivity contribution is 6.00. The highest BCUT2D eigenvalue weighted by Gasteiger charge is 2.51. The van der Waals surface area contributed by atoms with Gasteiger partial charge in [0.05, 0.1) is 29.6 Å².